The van der Waals surface area contributed by atoms with Gasteiger partial charge in [-0.3, -0.25) is 4.79 Å². The SMILES string of the molecule is COc1ccccc1CNC(=O)c1c(-n2cnnn2)sc2c1CCC2. The van der Waals surface area contributed by atoms with Crippen molar-refractivity contribution in [2.75, 3.05) is 7.11 Å². The smallest absolute Gasteiger partial charge is 0.254 e. The van der Waals surface area contributed by atoms with Gasteiger partial charge in [0.2, 0.25) is 0 Å². The molecule has 1 aliphatic rings. The van der Waals surface area contributed by atoms with Crippen LogP contribution in [0.2, 0.25) is 0 Å². The molecule has 0 bridgehead atoms. The maximum absolute atomic E-state index is 12.9. The Balaban J connectivity index is 1.62. The normalized spacial score (nSPS) is 12.8. The van der Waals surface area contributed by atoms with Crippen molar-refractivity contribution in [3.63, 3.8) is 0 Å². The fourth-order valence-corrected chi connectivity index (χ4v) is 4.45. The molecule has 0 saturated carbocycles. The molecule has 7 nitrogen and oxygen atoms in total. The number of ether oxygens (including phenoxy) is 1. The minimum atomic E-state index is -0.101. The van der Waals surface area contributed by atoms with Gasteiger partial charge < -0.3 is 10.1 Å². The number of nitrogens with zero attached hydrogens (tertiary/aromatic N) is 4. The number of benzene rings is 1. The van der Waals surface area contributed by atoms with Gasteiger partial charge in [-0.15, -0.1) is 16.4 Å². The van der Waals surface area contributed by atoms with E-state index in [1.54, 1.807) is 23.1 Å². The highest BCUT2D eigenvalue weighted by molar-refractivity contribution is 7.15. The van der Waals surface area contributed by atoms with Crippen LogP contribution in [0.25, 0.3) is 5.00 Å². The molecule has 0 saturated heterocycles. The summed E-state index contributed by atoms with van der Waals surface area (Å²) < 4.78 is 6.92. The number of tetrazole rings is 1. The number of para-hydroxylation sites is 1. The highest BCUT2D eigenvalue weighted by atomic mass is 32.1. The van der Waals surface area contributed by atoms with Crippen molar-refractivity contribution < 1.29 is 9.53 Å². The molecule has 2 aromatic heterocycles. The summed E-state index contributed by atoms with van der Waals surface area (Å²) in [5.41, 5.74) is 2.77. The van der Waals surface area contributed by atoms with E-state index in [1.165, 1.54) is 11.2 Å². The summed E-state index contributed by atoms with van der Waals surface area (Å²) in [6, 6.07) is 7.67. The summed E-state index contributed by atoms with van der Waals surface area (Å²) in [7, 11) is 1.63. The average Bonchev–Trinajstić information content (AvgIpc) is 3.35. The number of amides is 1. The first-order chi connectivity index (χ1) is 12.3. The van der Waals surface area contributed by atoms with E-state index in [4.69, 9.17) is 4.74 Å². The van der Waals surface area contributed by atoms with E-state index in [2.05, 4.69) is 20.8 Å². The summed E-state index contributed by atoms with van der Waals surface area (Å²) in [5.74, 6) is 0.662. The van der Waals surface area contributed by atoms with Crippen molar-refractivity contribution in [1.82, 2.24) is 25.5 Å². The van der Waals surface area contributed by atoms with Crippen LogP contribution in [0.3, 0.4) is 0 Å². The van der Waals surface area contributed by atoms with Gasteiger partial charge in [0.05, 0.1) is 12.7 Å². The number of aryl methyl sites for hydroxylation is 1. The molecule has 0 aliphatic heterocycles. The van der Waals surface area contributed by atoms with Crippen LogP contribution in [0.15, 0.2) is 30.6 Å². The minimum Gasteiger partial charge on any atom is -0.496 e. The van der Waals surface area contributed by atoms with Crippen LogP contribution < -0.4 is 10.1 Å². The van der Waals surface area contributed by atoms with Crippen LogP contribution in [0.4, 0.5) is 0 Å². The third-order valence-electron chi connectivity index (χ3n) is 4.32. The Bertz CT molecular complexity index is 904. The number of carbonyl (C=O) groups excluding carboxylic acids is 1. The van der Waals surface area contributed by atoms with Gasteiger partial charge in [-0.1, -0.05) is 18.2 Å². The zero-order valence-electron chi connectivity index (χ0n) is 13.7. The van der Waals surface area contributed by atoms with Crippen LogP contribution in [-0.4, -0.2) is 33.2 Å². The average molecular weight is 355 g/mol. The first-order valence-electron chi connectivity index (χ1n) is 8.06. The summed E-state index contributed by atoms with van der Waals surface area (Å²) in [5, 5.41) is 15.1. The van der Waals surface area contributed by atoms with E-state index < -0.39 is 0 Å². The molecule has 25 heavy (non-hydrogen) atoms. The minimum absolute atomic E-state index is 0.101. The Morgan fingerprint density at radius 3 is 3.04 bits per heavy atom. The Labute approximate surface area is 148 Å². The molecule has 8 heteroatoms. The Morgan fingerprint density at radius 2 is 2.24 bits per heavy atom. The second-order valence-electron chi connectivity index (χ2n) is 5.79. The van der Waals surface area contributed by atoms with Gasteiger partial charge in [-0.25, -0.2) is 0 Å². The lowest BCUT2D eigenvalue weighted by Gasteiger charge is -2.10. The van der Waals surface area contributed by atoms with Crippen molar-refractivity contribution in [3.8, 4) is 10.8 Å². The van der Waals surface area contributed by atoms with Gasteiger partial charge in [-0.2, -0.15) is 4.68 Å². The molecule has 1 aromatic carbocycles. The summed E-state index contributed by atoms with van der Waals surface area (Å²) in [4.78, 5) is 14.2. The van der Waals surface area contributed by atoms with E-state index >= 15 is 0 Å². The molecular weight excluding hydrogens is 338 g/mol. The van der Waals surface area contributed by atoms with Gasteiger partial charge in [0, 0.05) is 17.0 Å². The number of hydrogen-bond donors (Lipinski definition) is 1. The Morgan fingerprint density at radius 1 is 1.36 bits per heavy atom. The lowest BCUT2D eigenvalue weighted by atomic mass is 10.1. The molecule has 0 fully saturated rings. The second kappa shape index (κ2) is 6.64. The second-order valence-corrected chi connectivity index (χ2v) is 6.87. The number of hydrogen-bond acceptors (Lipinski definition) is 6. The molecule has 1 amide bonds. The van der Waals surface area contributed by atoms with Crippen molar-refractivity contribution in [3.05, 3.63) is 52.2 Å². The lowest BCUT2D eigenvalue weighted by Crippen LogP contribution is -2.24. The molecule has 3 aromatic rings. The number of thiophene rings is 1. The molecule has 1 N–H and O–H groups in total. The standard InChI is InChI=1S/C17H17N5O2S/c1-24-13-7-3-2-5-11(13)9-18-16(23)15-12-6-4-8-14(12)25-17(15)22-10-19-20-21-22/h2-3,5,7,10H,4,6,8-9H2,1H3,(H,18,23). The highest BCUT2D eigenvalue weighted by Gasteiger charge is 2.28. The summed E-state index contributed by atoms with van der Waals surface area (Å²) >= 11 is 1.60. The van der Waals surface area contributed by atoms with Crippen LogP contribution in [0.5, 0.6) is 5.75 Å². The number of carbonyl (C=O) groups is 1. The van der Waals surface area contributed by atoms with Crippen LogP contribution in [-0.2, 0) is 19.4 Å². The molecule has 0 unspecified atom stereocenters. The van der Waals surface area contributed by atoms with Crippen molar-refractivity contribution in [2.24, 2.45) is 0 Å². The maximum atomic E-state index is 12.9. The van der Waals surface area contributed by atoms with Crippen LogP contribution >= 0.6 is 11.3 Å². The molecular formula is C17H17N5O2S. The first-order valence-corrected chi connectivity index (χ1v) is 8.87. The van der Waals surface area contributed by atoms with Crippen molar-refractivity contribution in [1.29, 1.82) is 0 Å². The number of nitrogens with one attached hydrogen (secondary N) is 1. The molecule has 0 spiro atoms. The van der Waals surface area contributed by atoms with Gasteiger partial charge in [0.1, 0.15) is 17.1 Å². The van der Waals surface area contributed by atoms with Crippen molar-refractivity contribution >= 4 is 17.2 Å². The third-order valence-corrected chi connectivity index (χ3v) is 5.60. The van der Waals surface area contributed by atoms with E-state index in [1.807, 2.05) is 24.3 Å². The fourth-order valence-electron chi connectivity index (χ4n) is 3.15. The van der Waals surface area contributed by atoms with E-state index in [9.17, 15) is 4.79 Å². The fraction of sp³-hybridized carbons (Fsp3) is 0.294. The van der Waals surface area contributed by atoms with Gasteiger partial charge in [-0.05, 0) is 41.3 Å². The Hall–Kier alpha value is -2.74. The molecule has 1 aliphatic carbocycles. The molecule has 128 valence electrons. The topological polar surface area (TPSA) is 81.9 Å². The molecule has 2 heterocycles. The first kappa shape index (κ1) is 15.8. The van der Waals surface area contributed by atoms with E-state index in [0.717, 1.165) is 41.1 Å². The predicted octanol–water partition coefficient (Wildman–Crippen LogP) is 2.15. The summed E-state index contributed by atoms with van der Waals surface area (Å²) in [6.45, 7) is 0.405. The van der Waals surface area contributed by atoms with E-state index in [0.29, 0.717) is 12.1 Å². The van der Waals surface area contributed by atoms with Gasteiger partial charge in [0.25, 0.3) is 5.91 Å². The largest absolute Gasteiger partial charge is 0.496 e. The van der Waals surface area contributed by atoms with Gasteiger partial charge in [0.15, 0.2) is 0 Å². The summed E-state index contributed by atoms with van der Waals surface area (Å²) in [6.07, 6.45) is 4.54. The molecule has 0 atom stereocenters. The quantitative estimate of drug-likeness (QED) is 0.758. The monoisotopic (exact) mass is 355 g/mol. The zero-order chi connectivity index (χ0) is 17.2. The lowest BCUT2D eigenvalue weighted by molar-refractivity contribution is 0.0950. The van der Waals surface area contributed by atoms with E-state index in [-0.39, 0.29) is 5.91 Å². The molecule has 0 radical (unpaired) electrons. The number of fused-ring (bicyclic) bond motifs is 1. The maximum Gasteiger partial charge on any atom is 0.254 e. The highest BCUT2D eigenvalue weighted by Crippen LogP contribution is 2.37. The van der Waals surface area contributed by atoms with Crippen LogP contribution in [0, 0.1) is 0 Å². The predicted molar refractivity (Wildman–Crippen MR) is 93.2 cm³/mol. The van der Waals surface area contributed by atoms with Gasteiger partial charge >= 0.3 is 0 Å². The van der Waals surface area contributed by atoms with Crippen molar-refractivity contribution in [2.45, 2.75) is 25.8 Å². The third kappa shape index (κ3) is 2.89. The van der Waals surface area contributed by atoms with Crippen LogP contribution in [0.1, 0.15) is 32.8 Å². The number of aromatic nitrogens is 4. The number of methoxy groups -OCH3 is 1. The Kier molecular flexibility index (Phi) is 4.19. The zero-order valence-corrected chi connectivity index (χ0v) is 14.5. The number of rotatable bonds is 5. The molecule has 4 rings (SSSR count).